The van der Waals surface area contributed by atoms with Crippen LogP contribution in [-0.4, -0.2) is 21.2 Å². The molecule has 4 nitrogen and oxygen atoms in total. The van der Waals surface area contributed by atoms with Crippen LogP contribution in [0.1, 0.15) is 10.5 Å². The van der Waals surface area contributed by atoms with E-state index >= 15 is 0 Å². The molecule has 0 aliphatic heterocycles. The zero-order chi connectivity index (χ0) is 8.43. The summed E-state index contributed by atoms with van der Waals surface area (Å²) in [6.07, 6.45) is 1.31. The van der Waals surface area contributed by atoms with Gasteiger partial charge in [-0.15, -0.1) is 0 Å². The van der Waals surface area contributed by atoms with Crippen LogP contribution >= 0.6 is 15.9 Å². The number of carboxylic acids is 1. The lowest BCUT2D eigenvalue weighted by molar-refractivity contribution is 0.0687. The molecule has 0 saturated carbocycles. The Hall–Kier alpha value is -1.10. The molecule has 0 unspecified atom stereocenters. The number of nitrogens with zero attached hydrogens (tertiary/aromatic N) is 1. The predicted octanol–water partition coefficient (Wildman–Crippen LogP) is 1.25. The van der Waals surface area contributed by atoms with Crippen molar-refractivity contribution in [3.63, 3.8) is 0 Å². The number of pyridine rings is 1. The molecule has 58 valence electrons. The van der Waals surface area contributed by atoms with E-state index in [-0.39, 0.29) is 11.4 Å². The normalized spacial score (nSPS) is 9.55. The number of aromatic carboxylic acids is 1. The fourth-order valence-electron chi connectivity index (χ4n) is 0.593. The van der Waals surface area contributed by atoms with Crippen LogP contribution in [0.15, 0.2) is 16.7 Å². The quantitative estimate of drug-likeness (QED) is 0.743. The molecule has 0 aliphatic carbocycles. The van der Waals surface area contributed by atoms with Gasteiger partial charge in [-0.05, 0) is 22.0 Å². The van der Waals surface area contributed by atoms with Gasteiger partial charge in [0, 0.05) is 10.7 Å². The first-order valence-electron chi connectivity index (χ1n) is 2.69. The van der Waals surface area contributed by atoms with E-state index in [1.165, 1.54) is 12.3 Å². The van der Waals surface area contributed by atoms with Crippen LogP contribution in [0, 0.1) is 0 Å². The molecule has 0 radical (unpaired) electrons. The number of carbonyl (C=O) groups is 1. The van der Waals surface area contributed by atoms with E-state index in [4.69, 9.17) is 10.2 Å². The van der Waals surface area contributed by atoms with Gasteiger partial charge >= 0.3 is 5.97 Å². The van der Waals surface area contributed by atoms with Crippen molar-refractivity contribution in [3.05, 3.63) is 22.4 Å². The van der Waals surface area contributed by atoms with Crippen molar-refractivity contribution in [1.29, 1.82) is 0 Å². The highest BCUT2D eigenvalue weighted by Gasteiger charge is 2.10. The van der Waals surface area contributed by atoms with Gasteiger partial charge in [0.25, 0.3) is 0 Å². The SMILES string of the molecule is O=C(O)c1ncc(Br)cc1O. The smallest absolute Gasteiger partial charge is 0.358 e. The molecule has 11 heavy (non-hydrogen) atoms. The van der Waals surface area contributed by atoms with E-state index < -0.39 is 5.97 Å². The molecule has 0 saturated heterocycles. The molecular weight excluding hydrogens is 214 g/mol. The lowest BCUT2D eigenvalue weighted by Crippen LogP contribution is -1.99. The first kappa shape index (κ1) is 8.00. The van der Waals surface area contributed by atoms with Crippen molar-refractivity contribution < 1.29 is 15.0 Å². The molecule has 0 atom stereocenters. The van der Waals surface area contributed by atoms with Gasteiger partial charge in [0.05, 0.1) is 0 Å². The number of carboxylic acid groups (broad SMARTS) is 1. The molecule has 2 N–H and O–H groups in total. The van der Waals surface area contributed by atoms with Crippen LogP contribution < -0.4 is 0 Å². The highest BCUT2D eigenvalue weighted by atomic mass is 79.9. The largest absolute Gasteiger partial charge is 0.505 e. The Balaban J connectivity index is 3.20. The summed E-state index contributed by atoms with van der Waals surface area (Å²) in [6.45, 7) is 0. The average Bonchev–Trinajstić information content (AvgIpc) is 1.85. The van der Waals surface area contributed by atoms with E-state index in [0.29, 0.717) is 4.47 Å². The third kappa shape index (κ3) is 1.68. The molecule has 1 aromatic heterocycles. The topological polar surface area (TPSA) is 70.4 Å². The standard InChI is InChI=1S/C6H4BrNO3/c7-3-1-4(9)5(6(10)11)8-2-3/h1-2,9H,(H,10,11). The molecule has 0 amide bonds. The summed E-state index contributed by atoms with van der Waals surface area (Å²) < 4.78 is 0.542. The minimum atomic E-state index is -1.24. The summed E-state index contributed by atoms with van der Waals surface area (Å²) in [5.74, 6) is -1.58. The lowest BCUT2D eigenvalue weighted by Gasteiger charge is -1.96. The van der Waals surface area contributed by atoms with E-state index in [1.54, 1.807) is 0 Å². The molecule has 0 bridgehead atoms. The van der Waals surface area contributed by atoms with Crippen molar-refractivity contribution in [2.45, 2.75) is 0 Å². The number of hydrogen-bond donors (Lipinski definition) is 2. The van der Waals surface area contributed by atoms with E-state index in [0.717, 1.165) is 0 Å². The molecule has 0 aliphatic rings. The summed E-state index contributed by atoms with van der Waals surface area (Å²) in [4.78, 5) is 13.8. The minimum Gasteiger partial charge on any atom is -0.505 e. The van der Waals surface area contributed by atoms with Gasteiger partial charge in [-0.1, -0.05) is 0 Å². The van der Waals surface area contributed by atoms with Crippen LogP contribution in [-0.2, 0) is 0 Å². The summed E-state index contributed by atoms with van der Waals surface area (Å²) >= 11 is 3.03. The third-order valence-corrected chi connectivity index (χ3v) is 1.47. The molecule has 1 rings (SSSR count). The summed E-state index contributed by atoms with van der Waals surface area (Å²) in [5, 5.41) is 17.4. The van der Waals surface area contributed by atoms with Crippen molar-refractivity contribution in [1.82, 2.24) is 4.98 Å². The maximum Gasteiger partial charge on any atom is 0.358 e. The zero-order valence-electron chi connectivity index (χ0n) is 5.28. The first-order chi connectivity index (χ1) is 5.11. The Morgan fingerprint density at radius 1 is 1.64 bits per heavy atom. The van der Waals surface area contributed by atoms with Gasteiger partial charge in [-0.2, -0.15) is 0 Å². The van der Waals surface area contributed by atoms with Gasteiger partial charge < -0.3 is 10.2 Å². The van der Waals surface area contributed by atoms with Gasteiger partial charge in [-0.3, -0.25) is 0 Å². The Labute approximate surface area is 70.6 Å². The number of aromatic hydroxyl groups is 1. The fraction of sp³-hybridized carbons (Fsp3) is 0. The van der Waals surface area contributed by atoms with Crippen LogP contribution in [0.5, 0.6) is 5.75 Å². The van der Waals surface area contributed by atoms with Crippen molar-refractivity contribution in [2.75, 3.05) is 0 Å². The van der Waals surface area contributed by atoms with Gasteiger partial charge in [0.1, 0.15) is 5.75 Å². The number of aromatic nitrogens is 1. The maximum atomic E-state index is 10.3. The minimum absolute atomic E-state index is 0.340. The monoisotopic (exact) mass is 217 g/mol. The Morgan fingerprint density at radius 2 is 2.27 bits per heavy atom. The molecule has 0 spiro atoms. The van der Waals surface area contributed by atoms with Crippen molar-refractivity contribution >= 4 is 21.9 Å². The first-order valence-corrected chi connectivity index (χ1v) is 3.48. The Bertz CT molecular complexity index is 300. The molecule has 5 heteroatoms. The van der Waals surface area contributed by atoms with Crippen LogP contribution in [0.25, 0.3) is 0 Å². The predicted molar refractivity (Wildman–Crippen MR) is 40.6 cm³/mol. The fourth-order valence-corrected chi connectivity index (χ4v) is 0.913. The zero-order valence-corrected chi connectivity index (χ0v) is 6.87. The van der Waals surface area contributed by atoms with Crippen LogP contribution in [0.2, 0.25) is 0 Å². The number of hydrogen-bond acceptors (Lipinski definition) is 3. The van der Waals surface area contributed by atoms with Crippen molar-refractivity contribution in [2.24, 2.45) is 0 Å². The second-order valence-electron chi connectivity index (χ2n) is 1.83. The second kappa shape index (κ2) is 2.87. The van der Waals surface area contributed by atoms with Crippen LogP contribution in [0.4, 0.5) is 0 Å². The van der Waals surface area contributed by atoms with Crippen molar-refractivity contribution in [3.8, 4) is 5.75 Å². The maximum absolute atomic E-state index is 10.3. The highest BCUT2D eigenvalue weighted by Crippen LogP contribution is 2.19. The summed E-state index contributed by atoms with van der Waals surface area (Å²) in [6, 6.07) is 1.27. The summed E-state index contributed by atoms with van der Waals surface area (Å²) in [5.41, 5.74) is -0.340. The lowest BCUT2D eigenvalue weighted by atomic mass is 10.3. The van der Waals surface area contributed by atoms with E-state index in [1.807, 2.05) is 0 Å². The Kier molecular flexibility index (Phi) is 2.09. The molecule has 1 heterocycles. The van der Waals surface area contributed by atoms with Gasteiger partial charge in [0.2, 0.25) is 0 Å². The molecular formula is C6H4BrNO3. The molecule has 0 fully saturated rings. The average molecular weight is 218 g/mol. The van der Waals surface area contributed by atoms with Crippen LogP contribution in [0.3, 0.4) is 0 Å². The highest BCUT2D eigenvalue weighted by molar-refractivity contribution is 9.10. The summed E-state index contributed by atoms with van der Waals surface area (Å²) in [7, 11) is 0. The Morgan fingerprint density at radius 3 is 2.73 bits per heavy atom. The third-order valence-electron chi connectivity index (χ3n) is 1.04. The molecule has 0 aromatic carbocycles. The number of rotatable bonds is 1. The number of halogens is 1. The second-order valence-corrected chi connectivity index (χ2v) is 2.74. The van der Waals surface area contributed by atoms with Gasteiger partial charge in [0.15, 0.2) is 5.69 Å². The van der Waals surface area contributed by atoms with E-state index in [2.05, 4.69) is 20.9 Å². The molecule has 1 aromatic rings. The van der Waals surface area contributed by atoms with Gasteiger partial charge in [-0.25, -0.2) is 9.78 Å². The van der Waals surface area contributed by atoms with E-state index in [9.17, 15) is 4.79 Å².